The first-order valence-electron chi connectivity index (χ1n) is 11.2. The Balaban J connectivity index is 5.49. The quantitative estimate of drug-likeness (QED) is 0.240. The molecule has 9 nitrogen and oxygen atoms in total. The van der Waals surface area contributed by atoms with Gasteiger partial charge in [0.15, 0.2) is 0 Å². The summed E-state index contributed by atoms with van der Waals surface area (Å²) in [5.41, 5.74) is 6.01. The maximum absolute atomic E-state index is 13.0. The van der Waals surface area contributed by atoms with E-state index in [0.29, 0.717) is 18.6 Å². The lowest BCUT2D eigenvalue weighted by molar-refractivity contribution is -0.143. The molecule has 0 bridgehead atoms. The molecule has 0 rings (SSSR count). The Morgan fingerprint density at radius 3 is 1.88 bits per heavy atom. The Morgan fingerprint density at radius 2 is 1.44 bits per heavy atom. The highest BCUT2D eigenvalue weighted by atomic mass is 32.2. The minimum absolute atomic E-state index is 0.0392. The molecule has 0 saturated carbocycles. The lowest BCUT2D eigenvalue weighted by atomic mass is 9.98. The molecule has 6 N–H and O–H groups in total. The van der Waals surface area contributed by atoms with Crippen LogP contribution in [0, 0.1) is 17.8 Å². The molecule has 0 aromatic rings. The Kier molecular flexibility index (Phi) is 14.2. The lowest BCUT2D eigenvalue weighted by Gasteiger charge is -2.27. The predicted molar refractivity (Wildman–Crippen MR) is 128 cm³/mol. The molecule has 0 saturated heterocycles. The lowest BCUT2D eigenvalue weighted by Crippen LogP contribution is -2.58. The second-order valence-electron chi connectivity index (χ2n) is 9.01. The smallest absolute Gasteiger partial charge is 0.326 e. The van der Waals surface area contributed by atoms with Crippen molar-refractivity contribution in [2.45, 2.75) is 85.0 Å². The van der Waals surface area contributed by atoms with Crippen LogP contribution in [0.2, 0.25) is 0 Å². The monoisotopic (exact) mass is 474 g/mol. The Morgan fingerprint density at radius 1 is 0.906 bits per heavy atom. The highest BCUT2D eigenvalue weighted by molar-refractivity contribution is 7.98. The zero-order valence-corrected chi connectivity index (χ0v) is 21.3. The fraction of sp³-hybridized carbons (Fsp3) is 0.818. The maximum Gasteiger partial charge on any atom is 0.326 e. The molecule has 3 amide bonds. The van der Waals surface area contributed by atoms with Crippen LogP contribution >= 0.6 is 11.8 Å². The molecule has 10 heteroatoms. The topological polar surface area (TPSA) is 151 Å². The van der Waals surface area contributed by atoms with Gasteiger partial charge in [-0.05, 0) is 42.6 Å². The molecule has 5 atom stereocenters. The van der Waals surface area contributed by atoms with Crippen LogP contribution in [0.15, 0.2) is 0 Å². The molecule has 0 aromatic carbocycles. The van der Waals surface area contributed by atoms with E-state index >= 15 is 0 Å². The maximum atomic E-state index is 13.0. The number of nitrogens with one attached hydrogen (secondary N) is 3. The van der Waals surface area contributed by atoms with E-state index in [0.717, 1.165) is 6.42 Å². The number of carboxylic acid groups (broad SMARTS) is 1. The highest BCUT2D eigenvalue weighted by Gasteiger charge is 2.32. The van der Waals surface area contributed by atoms with E-state index in [1.54, 1.807) is 13.8 Å². The molecular formula is C22H42N4O5S. The zero-order chi connectivity index (χ0) is 25.0. The van der Waals surface area contributed by atoms with Crippen LogP contribution in [0.25, 0.3) is 0 Å². The zero-order valence-electron chi connectivity index (χ0n) is 20.4. The average Bonchev–Trinajstić information content (AvgIpc) is 2.71. The molecule has 0 aromatic heterocycles. The van der Waals surface area contributed by atoms with Gasteiger partial charge >= 0.3 is 5.97 Å². The summed E-state index contributed by atoms with van der Waals surface area (Å²) in [6.45, 7) is 11.0. The second-order valence-corrected chi connectivity index (χ2v) is 10.00. The first kappa shape index (κ1) is 30.2. The molecule has 0 aliphatic carbocycles. The van der Waals surface area contributed by atoms with E-state index in [9.17, 15) is 24.3 Å². The van der Waals surface area contributed by atoms with Crippen molar-refractivity contribution in [1.82, 2.24) is 16.0 Å². The van der Waals surface area contributed by atoms with Crippen LogP contribution in [0.1, 0.15) is 60.8 Å². The summed E-state index contributed by atoms with van der Waals surface area (Å²) in [6.07, 6.45) is 3.34. The average molecular weight is 475 g/mol. The van der Waals surface area contributed by atoms with Crippen LogP contribution in [0.3, 0.4) is 0 Å². The van der Waals surface area contributed by atoms with Crippen molar-refractivity contribution in [2.75, 3.05) is 12.0 Å². The first-order chi connectivity index (χ1) is 14.8. The number of aliphatic carboxylic acids is 1. The number of carbonyl (C=O) groups is 4. The van der Waals surface area contributed by atoms with Gasteiger partial charge in [0.2, 0.25) is 17.7 Å². The highest BCUT2D eigenvalue weighted by Crippen LogP contribution is 2.11. The fourth-order valence-electron chi connectivity index (χ4n) is 3.03. The van der Waals surface area contributed by atoms with Gasteiger partial charge in [-0.15, -0.1) is 0 Å². The minimum Gasteiger partial charge on any atom is -0.480 e. The Bertz CT molecular complexity index is 629. The summed E-state index contributed by atoms with van der Waals surface area (Å²) in [7, 11) is 0. The summed E-state index contributed by atoms with van der Waals surface area (Å²) in [6, 6.07) is -3.55. The first-order valence-corrected chi connectivity index (χ1v) is 12.6. The molecule has 0 radical (unpaired) electrons. The van der Waals surface area contributed by atoms with Crippen LogP contribution < -0.4 is 21.7 Å². The molecule has 0 fully saturated rings. The number of rotatable bonds is 15. The van der Waals surface area contributed by atoms with Gasteiger partial charge < -0.3 is 26.8 Å². The van der Waals surface area contributed by atoms with E-state index in [4.69, 9.17) is 5.73 Å². The standard InChI is InChI=1S/C22H42N4O5S/c1-8-14(6)17(23)21(29)24-15(9-10-32-7)19(27)25-16(11-12(2)3)20(28)26-18(13(4)5)22(30)31/h12-18H,8-11,23H2,1-7H3,(H,24,29)(H,25,27)(H,26,28)(H,30,31). The van der Waals surface area contributed by atoms with Gasteiger partial charge in [-0.3, -0.25) is 14.4 Å². The number of hydrogen-bond donors (Lipinski definition) is 5. The van der Waals surface area contributed by atoms with Gasteiger partial charge in [-0.2, -0.15) is 11.8 Å². The van der Waals surface area contributed by atoms with Gasteiger partial charge in [-0.1, -0.05) is 48.0 Å². The molecular weight excluding hydrogens is 432 g/mol. The van der Waals surface area contributed by atoms with Crippen LogP contribution in [-0.2, 0) is 19.2 Å². The number of carboxylic acids is 1. The largest absolute Gasteiger partial charge is 0.480 e. The number of carbonyl (C=O) groups excluding carboxylic acids is 3. The van der Waals surface area contributed by atoms with E-state index in [1.165, 1.54) is 11.8 Å². The van der Waals surface area contributed by atoms with Crippen molar-refractivity contribution >= 4 is 35.5 Å². The van der Waals surface area contributed by atoms with Gasteiger partial charge in [0.1, 0.15) is 18.1 Å². The Labute approximate surface area is 196 Å². The van der Waals surface area contributed by atoms with Crippen molar-refractivity contribution < 1.29 is 24.3 Å². The van der Waals surface area contributed by atoms with E-state index in [-0.39, 0.29) is 17.8 Å². The van der Waals surface area contributed by atoms with E-state index in [2.05, 4.69) is 16.0 Å². The van der Waals surface area contributed by atoms with Crippen molar-refractivity contribution in [3.8, 4) is 0 Å². The van der Waals surface area contributed by atoms with Gasteiger partial charge in [-0.25, -0.2) is 4.79 Å². The third-order valence-corrected chi connectivity index (χ3v) is 6.02. The van der Waals surface area contributed by atoms with Crippen LogP contribution in [0.5, 0.6) is 0 Å². The van der Waals surface area contributed by atoms with Crippen molar-refractivity contribution in [3.63, 3.8) is 0 Å². The SMILES string of the molecule is CCC(C)C(N)C(=O)NC(CCSC)C(=O)NC(CC(C)C)C(=O)NC(C(=O)O)C(C)C. The Hall–Kier alpha value is -1.81. The van der Waals surface area contributed by atoms with Crippen molar-refractivity contribution in [3.05, 3.63) is 0 Å². The number of nitrogens with two attached hydrogens (primary N) is 1. The molecule has 32 heavy (non-hydrogen) atoms. The second kappa shape index (κ2) is 15.1. The molecule has 5 unspecified atom stereocenters. The summed E-state index contributed by atoms with van der Waals surface area (Å²) in [5.74, 6) is -2.23. The summed E-state index contributed by atoms with van der Waals surface area (Å²) in [5, 5.41) is 17.3. The molecule has 0 spiro atoms. The predicted octanol–water partition coefficient (Wildman–Crippen LogP) is 1.35. The van der Waals surface area contributed by atoms with Crippen LogP contribution in [0.4, 0.5) is 0 Å². The number of hydrogen-bond acceptors (Lipinski definition) is 6. The van der Waals surface area contributed by atoms with Gasteiger partial charge in [0.25, 0.3) is 0 Å². The summed E-state index contributed by atoms with van der Waals surface area (Å²) >= 11 is 1.54. The third kappa shape index (κ3) is 10.7. The molecule has 0 aliphatic heterocycles. The number of amides is 3. The van der Waals surface area contributed by atoms with Crippen molar-refractivity contribution in [2.24, 2.45) is 23.5 Å². The van der Waals surface area contributed by atoms with Crippen molar-refractivity contribution in [1.29, 1.82) is 0 Å². The minimum atomic E-state index is -1.13. The summed E-state index contributed by atoms with van der Waals surface area (Å²) in [4.78, 5) is 49.9. The van der Waals surface area contributed by atoms with Gasteiger partial charge in [0, 0.05) is 0 Å². The van der Waals surface area contributed by atoms with E-state index < -0.39 is 47.9 Å². The number of thioether (sulfide) groups is 1. The molecule has 0 heterocycles. The summed E-state index contributed by atoms with van der Waals surface area (Å²) < 4.78 is 0. The normalized spacial score (nSPS) is 16.1. The van der Waals surface area contributed by atoms with Gasteiger partial charge in [0.05, 0.1) is 6.04 Å². The van der Waals surface area contributed by atoms with Crippen LogP contribution in [-0.4, -0.2) is 65.0 Å². The molecule has 0 aliphatic rings. The van der Waals surface area contributed by atoms with E-state index in [1.807, 2.05) is 34.0 Å². The fourth-order valence-corrected chi connectivity index (χ4v) is 3.50. The third-order valence-electron chi connectivity index (χ3n) is 5.37. The molecule has 186 valence electrons.